The van der Waals surface area contributed by atoms with Crippen molar-refractivity contribution in [2.45, 2.75) is 27.2 Å². The molecular weight excluding hydrogens is 280 g/mol. The van der Waals surface area contributed by atoms with Gasteiger partial charge in [0.2, 0.25) is 0 Å². The molecule has 0 amide bonds. The monoisotopic (exact) mass is 302 g/mol. The fourth-order valence-electron chi connectivity index (χ4n) is 1.84. The summed E-state index contributed by atoms with van der Waals surface area (Å²) in [7, 11) is 0. The zero-order valence-electron chi connectivity index (χ0n) is 12.6. The van der Waals surface area contributed by atoms with E-state index >= 15 is 0 Å². The predicted octanol–water partition coefficient (Wildman–Crippen LogP) is 1.37. The topological polar surface area (TPSA) is 99.1 Å². The van der Waals surface area contributed by atoms with E-state index in [0.717, 1.165) is 6.26 Å². The zero-order chi connectivity index (χ0) is 16.5. The molecule has 1 atom stereocenters. The fourth-order valence-corrected chi connectivity index (χ4v) is 1.84. The number of aliphatic hydroxyl groups is 1. The van der Waals surface area contributed by atoms with E-state index in [1.807, 2.05) is 0 Å². The lowest BCUT2D eigenvalue weighted by molar-refractivity contribution is -0.168. The molecule has 7 nitrogen and oxygen atoms in total. The Morgan fingerprint density at radius 3 is 1.81 bits per heavy atom. The maximum Gasteiger partial charge on any atom is 0.324 e. The third-order valence-electron chi connectivity index (χ3n) is 2.81. The maximum atomic E-state index is 11.8. The van der Waals surface area contributed by atoms with Gasteiger partial charge in [0, 0.05) is 0 Å². The number of carbonyl (C=O) groups is 3. The van der Waals surface area contributed by atoms with Crippen molar-refractivity contribution < 1.29 is 33.7 Å². The Hall–Kier alpha value is -2.05. The number of ether oxygens (including phenoxy) is 3. The second kappa shape index (κ2) is 8.99. The highest BCUT2D eigenvalue weighted by molar-refractivity contribution is 6.08. The summed E-state index contributed by atoms with van der Waals surface area (Å²) < 4.78 is 14.5. The van der Waals surface area contributed by atoms with E-state index in [9.17, 15) is 14.4 Å². The van der Waals surface area contributed by atoms with Crippen LogP contribution in [0.4, 0.5) is 0 Å². The molecule has 0 spiro atoms. The van der Waals surface area contributed by atoms with Crippen LogP contribution in [0.1, 0.15) is 27.2 Å². The minimum absolute atomic E-state index is 0.101. The van der Waals surface area contributed by atoms with Crippen molar-refractivity contribution in [2.24, 2.45) is 11.3 Å². The van der Waals surface area contributed by atoms with Crippen molar-refractivity contribution in [3.63, 3.8) is 0 Å². The second-order valence-corrected chi connectivity index (χ2v) is 4.10. The van der Waals surface area contributed by atoms with Gasteiger partial charge < -0.3 is 19.3 Å². The lowest BCUT2D eigenvalue weighted by Crippen LogP contribution is -2.34. The molecule has 1 saturated carbocycles. The molecule has 120 valence electrons. The van der Waals surface area contributed by atoms with Crippen LogP contribution in [0.2, 0.25) is 0 Å². The van der Waals surface area contributed by atoms with Crippen LogP contribution in [0.15, 0.2) is 12.8 Å². The minimum atomic E-state index is -1.49. The highest BCUT2D eigenvalue weighted by Gasteiger charge is 2.72. The molecule has 0 radical (unpaired) electrons. The van der Waals surface area contributed by atoms with Crippen LogP contribution < -0.4 is 0 Å². The molecule has 0 aromatic carbocycles. The first-order valence-electron chi connectivity index (χ1n) is 6.72. The first kappa shape index (κ1) is 18.9. The van der Waals surface area contributed by atoms with Crippen molar-refractivity contribution in [2.75, 3.05) is 19.8 Å². The van der Waals surface area contributed by atoms with Crippen LogP contribution in [0, 0.1) is 11.3 Å². The van der Waals surface area contributed by atoms with Gasteiger partial charge in [0.15, 0.2) is 5.41 Å². The van der Waals surface area contributed by atoms with E-state index in [1.54, 1.807) is 20.8 Å². The SMILES string of the molecule is C=CO.CCOC(=O)C1CC1(C(=O)OCC)C(=O)OCC. The van der Waals surface area contributed by atoms with Crippen molar-refractivity contribution in [1.82, 2.24) is 0 Å². The molecular formula is C14H22O7. The molecule has 7 heteroatoms. The Balaban J connectivity index is 0.00000122. The van der Waals surface area contributed by atoms with Gasteiger partial charge in [-0.2, -0.15) is 0 Å². The van der Waals surface area contributed by atoms with Crippen molar-refractivity contribution >= 4 is 17.9 Å². The first-order valence-corrected chi connectivity index (χ1v) is 6.72. The van der Waals surface area contributed by atoms with E-state index in [2.05, 4.69) is 6.58 Å². The van der Waals surface area contributed by atoms with Crippen LogP contribution in [0.3, 0.4) is 0 Å². The van der Waals surface area contributed by atoms with Gasteiger partial charge in [0.1, 0.15) is 0 Å². The van der Waals surface area contributed by atoms with Gasteiger partial charge in [-0.1, -0.05) is 6.58 Å². The van der Waals surface area contributed by atoms with Crippen molar-refractivity contribution in [1.29, 1.82) is 0 Å². The number of aliphatic hydroxyl groups excluding tert-OH is 1. The van der Waals surface area contributed by atoms with E-state index in [-0.39, 0.29) is 26.2 Å². The second-order valence-electron chi connectivity index (χ2n) is 4.10. The van der Waals surface area contributed by atoms with Gasteiger partial charge in [-0.25, -0.2) is 0 Å². The molecule has 0 bridgehead atoms. The van der Waals surface area contributed by atoms with Crippen LogP contribution in [0.25, 0.3) is 0 Å². The Bertz CT molecular complexity index is 371. The van der Waals surface area contributed by atoms with E-state index < -0.39 is 29.2 Å². The molecule has 0 aliphatic heterocycles. The van der Waals surface area contributed by atoms with Crippen molar-refractivity contribution in [3.8, 4) is 0 Å². The Labute approximate surface area is 123 Å². The van der Waals surface area contributed by atoms with E-state index in [1.165, 1.54) is 0 Å². The quantitative estimate of drug-likeness (QED) is 0.342. The van der Waals surface area contributed by atoms with E-state index in [0.29, 0.717) is 0 Å². The summed E-state index contributed by atoms with van der Waals surface area (Å²) in [4.78, 5) is 35.3. The summed E-state index contributed by atoms with van der Waals surface area (Å²) in [5.74, 6) is -2.75. The molecule has 0 heterocycles. The summed E-state index contributed by atoms with van der Waals surface area (Å²) in [5.41, 5.74) is -1.49. The molecule has 1 rings (SSSR count). The number of esters is 3. The summed E-state index contributed by atoms with van der Waals surface area (Å²) in [5, 5.41) is 7.33. The van der Waals surface area contributed by atoms with E-state index in [4.69, 9.17) is 19.3 Å². The average Bonchev–Trinajstić information content (AvgIpc) is 3.17. The molecule has 0 saturated heterocycles. The molecule has 1 unspecified atom stereocenters. The molecule has 1 N–H and O–H groups in total. The van der Waals surface area contributed by atoms with Gasteiger partial charge in [-0.05, 0) is 27.2 Å². The molecule has 0 aromatic rings. The van der Waals surface area contributed by atoms with Gasteiger partial charge in [-0.15, -0.1) is 0 Å². The molecule has 21 heavy (non-hydrogen) atoms. The Morgan fingerprint density at radius 2 is 1.48 bits per heavy atom. The maximum absolute atomic E-state index is 11.8. The minimum Gasteiger partial charge on any atom is -0.516 e. The number of hydrogen-bond donors (Lipinski definition) is 1. The Kier molecular flexibility index (Phi) is 8.11. The van der Waals surface area contributed by atoms with Crippen LogP contribution >= 0.6 is 0 Å². The highest BCUT2D eigenvalue weighted by atomic mass is 16.6. The fraction of sp³-hybridized carbons (Fsp3) is 0.643. The zero-order valence-corrected chi connectivity index (χ0v) is 12.6. The first-order chi connectivity index (χ1) is 9.95. The van der Waals surface area contributed by atoms with Crippen molar-refractivity contribution in [3.05, 3.63) is 12.8 Å². The third-order valence-corrected chi connectivity index (χ3v) is 2.81. The van der Waals surface area contributed by atoms with Gasteiger partial charge in [0.25, 0.3) is 0 Å². The standard InChI is InChI=1S/C12H18O6.C2H4O/c1-4-16-9(13)8-7-12(8,10(14)17-5-2)11(15)18-6-3;1-2-3/h8H,4-7H2,1-3H3;2-3H,1H2. The van der Waals surface area contributed by atoms with Gasteiger partial charge >= 0.3 is 17.9 Å². The summed E-state index contributed by atoms with van der Waals surface area (Å²) in [6.07, 6.45) is 0.851. The van der Waals surface area contributed by atoms with Crippen LogP contribution in [-0.4, -0.2) is 42.8 Å². The smallest absolute Gasteiger partial charge is 0.324 e. The highest BCUT2D eigenvalue weighted by Crippen LogP contribution is 2.55. The van der Waals surface area contributed by atoms with Gasteiger partial charge in [0.05, 0.1) is 32.0 Å². The summed E-state index contributed by atoms with van der Waals surface area (Å²) in [6, 6.07) is 0. The molecule has 0 aromatic heterocycles. The summed E-state index contributed by atoms with van der Waals surface area (Å²) in [6.45, 7) is 8.36. The predicted molar refractivity (Wildman–Crippen MR) is 73.3 cm³/mol. The van der Waals surface area contributed by atoms with Crippen LogP contribution in [-0.2, 0) is 28.6 Å². The lowest BCUT2D eigenvalue weighted by Gasteiger charge is -2.14. The summed E-state index contributed by atoms with van der Waals surface area (Å²) >= 11 is 0. The number of carbonyl (C=O) groups excluding carboxylic acids is 3. The van der Waals surface area contributed by atoms with Crippen LogP contribution in [0.5, 0.6) is 0 Å². The largest absolute Gasteiger partial charge is 0.516 e. The third kappa shape index (κ3) is 4.47. The average molecular weight is 302 g/mol. The number of hydrogen-bond acceptors (Lipinski definition) is 7. The molecule has 1 aliphatic rings. The Morgan fingerprint density at radius 1 is 1.10 bits per heavy atom. The molecule has 1 aliphatic carbocycles. The normalized spacial score (nSPS) is 17.6. The van der Waals surface area contributed by atoms with Gasteiger partial charge in [-0.3, -0.25) is 14.4 Å². The molecule has 1 fully saturated rings. The number of rotatable bonds is 6. The lowest BCUT2D eigenvalue weighted by atomic mass is 10.0.